The smallest absolute Gasteiger partial charge is 0.209 e. The van der Waals surface area contributed by atoms with Crippen LogP contribution in [0.4, 0.5) is 5.82 Å². The number of likely N-dealkylation sites (tertiary alicyclic amines) is 1. The van der Waals surface area contributed by atoms with Crippen LogP contribution in [0, 0.1) is 17.4 Å². The molecule has 3 rings (SSSR count). The lowest BCUT2D eigenvalue weighted by Crippen LogP contribution is -2.55. The van der Waals surface area contributed by atoms with E-state index in [1.54, 1.807) is 20.4 Å². The van der Waals surface area contributed by atoms with Gasteiger partial charge in [0.1, 0.15) is 17.8 Å². The second kappa shape index (κ2) is 6.97. The number of hydrogen-bond donors (Lipinski definition) is 1. The topological polar surface area (TPSA) is 87.4 Å². The van der Waals surface area contributed by atoms with Crippen molar-refractivity contribution in [1.82, 2.24) is 24.8 Å². The standard InChI is InChI=1S/C17H24N8/c1-12-6-8-25(17(19-2)23(3)10-18)9-14(12)24(4)16-13-5-7-20-15(13)21-11-22-16/h5,7,11-12,14H,6,8-9H2,1-4H3,(H,20,21,22)/t12-,14+/m1/s1. The molecule has 1 aliphatic heterocycles. The summed E-state index contributed by atoms with van der Waals surface area (Å²) in [5.74, 6) is 2.14. The Hall–Kier alpha value is -2.82. The van der Waals surface area contributed by atoms with E-state index in [0.717, 1.165) is 36.4 Å². The number of anilines is 1. The summed E-state index contributed by atoms with van der Waals surface area (Å²) in [5.41, 5.74) is 0.845. The number of rotatable bonds is 2. The Labute approximate surface area is 147 Å². The molecule has 0 radical (unpaired) electrons. The molecule has 2 aromatic rings. The van der Waals surface area contributed by atoms with Gasteiger partial charge in [-0.2, -0.15) is 5.26 Å². The minimum Gasteiger partial charge on any atom is -0.354 e. The average Bonchev–Trinajstić information content (AvgIpc) is 3.11. The van der Waals surface area contributed by atoms with Crippen molar-refractivity contribution in [2.75, 3.05) is 39.1 Å². The third-order valence-electron chi connectivity index (χ3n) is 5.02. The van der Waals surface area contributed by atoms with E-state index in [-0.39, 0.29) is 6.04 Å². The van der Waals surface area contributed by atoms with Gasteiger partial charge in [-0.15, -0.1) is 0 Å². The highest BCUT2D eigenvalue weighted by molar-refractivity contribution is 5.87. The van der Waals surface area contributed by atoms with E-state index in [9.17, 15) is 5.26 Å². The first kappa shape index (κ1) is 17.0. The molecule has 132 valence electrons. The van der Waals surface area contributed by atoms with Crippen molar-refractivity contribution in [1.29, 1.82) is 5.26 Å². The zero-order valence-corrected chi connectivity index (χ0v) is 15.1. The fourth-order valence-electron chi connectivity index (χ4n) is 3.58. The van der Waals surface area contributed by atoms with Crippen molar-refractivity contribution in [3.05, 3.63) is 18.6 Å². The van der Waals surface area contributed by atoms with Crippen LogP contribution in [0.25, 0.3) is 11.0 Å². The summed E-state index contributed by atoms with van der Waals surface area (Å²) < 4.78 is 0. The van der Waals surface area contributed by atoms with Crippen LogP contribution in [0.15, 0.2) is 23.6 Å². The predicted molar refractivity (Wildman–Crippen MR) is 98.2 cm³/mol. The molecule has 0 aromatic carbocycles. The van der Waals surface area contributed by atoms with Crippen LogP contribution in [0.5, 0.6) is 0 Å². The molecule has 2 atom stereocenters. The number of likely N-dealkylation sites (N-methyl/N-ethyl adjacent to an activating group) is 1. The van der Waals surface area contributed by atoms with Crippen LogP contribution in [0.2, 0.25) is 0 Å². The molecule has 0 unspecified atom stereocenters. The number of nitriles is 1. The quantitative estimate of drug-likeness (QED) is 0.386. The number of nitrogens with one attached hydrogen (secondary N) is 1. The summed E-state index contributed by atoms with van der Waals surface area (Å²) in [6.45, 7) is 3.96. The molecule has 0 aliphatic carbocycles. The maximum atomic E-state index is 9.20. The Balaban J connectivity index is 1.87. The monoisotopic (exact) mass is 340 g/mol. The van der Waals surface area contributed by atoms with Crippen molar-refractivity contribution in [3.8, 4) is 6.19 Å². The van der Waals surface area contributed by atoms with Gasteiger partial charge in [0.25, 0.3) is 0 Å². The normalized spacial score (nSPS) is 21.2. The van der Waals surface area contributed by atoms with E-state index in [4.69, 9.17) is 0 Å². The van der Waals surface area contributed by atoms with E-state index >= 15 is 0 Å². The number of aromatic nitrogens is 3. The van der Waals surface area contributed by atoms with Gasteiger partial charge in [-0.3, -0.25) is 9.89 Å². The lowest BCUT2D eigenvalue weighted by atomic mass is 9.92. The Morgan fingerprint density at radius 3 is 2.96 bits per heavy atom. The Morgan fingerprint density at radius 2 is 2.24 bits per heavy atom. The van der Waals surface area contributed by atoms with Crippen molar-refractivity contribution >= 4 is 22.8 Å². The Kier molecular flexibility index (Phi) is 4.74. The molecule has 0 saturated carbocycles. The summed E-state index contributed by atoms with van der Waals surface area (Å²) in [6.07, 6.45) is 6.66. The molecular weight excluding hydrogens is 316 g/mol. The van der Waals surface area contributed by atoms with Crippen LogP contribution < -0.4 is 4.90 Å². The van der Waals surface area contributed by atoms with E-state index in [1.165, 1.54) is 4.90 Å². The van der Waals surface area contributed by atoms with Crippen LogP contribution in [0.1, 0.15) is 13.3 Å². The molecule has 1 aliphatic rings. The molecule has 1 fully saturated rings. The SMILES string of the molecule is CN=C(N(C)C#N)N1CC[C@@H](C)[C@@H](N(C)c2ncnc3[nH]ccc23)C1. The van der Waals surface area contributed by atoms with Gasteiger partial charge in [-0.05, 0) is 18.4 Å². The Morgan fingerprint density at radius 1 is 1.44 bits per heavy atom. The predicted octanol–water partition coefficient (Wildman–Crippen LogP) is 1.50. The first-order chi connectivity index (χ1) is 12.1. The van der Waals surface area contributed by atoms with Gasteiger partial charge < -0.3 is 14.8 Å². The van der Waals surface area contributed by atoms with Gasteiger partial charge in [-0.1, -0.05) is 6.92 Å². The fraction of sp³-hybridized carbons (Fsp3) is 0.529. The molecule has 0 amide bonds. The van der Waals surface area contributed by atoms with Crippen LogP contribution in [-0.4, -0.2) is 71.0 Å². The molecule has 1 saturated heterocycles. The summed E-state index contributed by atoms with van der Waals surface area (Å²) in [6, 6.07) is 2.28. The highest BCUT2D eigenvalue weighted by atomic mass is 15.4. The third-order valence-corrected chi connectivity index (χ3v) is 5.02. The summed E-state index contributed by atoms with van der Waals surface area (Å²) >= 11 is 0. The number of aliphatic imine (C=N–C) groups is 1. The first-order valence-corrected chi connectivity index (χ1v) is 8.43. The molecule has 3 heterocycles. The molecular formula is C17H24N8. The second-order valence-corrected chi connectivity index (χ2v) is 6.51. The molecule has 8 heteroatoms. The second-order valence-electron chi connectivity index (χ2n) is 6.51. The van der Waals surface area contributed by atoms with E-state index in [0.29, 0.717) is 11.9 Å². The van der Waals surface area contributed by atoms with Gasteiger partial charge in [0.15, 0.2) is 6.19 Å². The fourth-order valence-corrected chi connectivity index (χ4v) is 3.58. The molecule has 2 aromatic heterocycles. The van der Waals surface area contributed by atoms with Crippen LogP contribution >= 0.6 is 0 Å². The van der Waals surface area contributed by atoms with Crippen LogP contribution in [0.3, 0.4) is 0 Å². The van der Waals surface area contributed by atoms with Crippen molar-refractivity contribution in [2.45, 2.75) is 19.4 Å². The van der Waals surface area contributed by atoms with Crippen molar-refractivity contribution in [2.24, 2.45) is 10.9 Å². The van der Waals surface area contributed by atoms with Gasteiger partial charge in [0.2, 0.25) is 5.96 Å². The number of guanidine groups is 1. The number of hydrogen-bond acceptors (Lipinski definition) is 5. The zero-order valence-electron chi connectivity index (χ0n) is 15.1. The van der Waals surface area contributed by atoms with E-state index in [1.807, 2.05) is 12.3 Å². The lowest BCUT2D eigenvalue weighted by molar-refractivity contribution is 0.226. The maximum absolute atomic E-state index is 9.20. The number of nitrogens with zero attached hydrogens (tertiary/aromatic N) is 7. The van der Waals surface area contributed by atoms with Crippen LogP contribution in [-0.2, 0) is 0 Å². The first-order valence-electron chi connectivity index (χ1n) is 8.43. The van der Waals surface area contributed by atoms with Gasteiger partial charge >= 0.3 is 0 Å². The minimum atomic E-state index is 0.269. The molecule has 25 heavy (non-hydrogen) atoms. The largest absolute Gasteiger partial charge is 0.354 e. The van der Waals surface area contributed by atoms with E-state index < -0.39 is 0 Å². The van der Waals surface area contributed by atoms with Crippen molar-refractivity contribution < 1.29 is 0 Å². The Bertz CT molecular complexity index is 804. The summed E-state index contributed by atoms with van der Waals surface area (Å²) in [5, 5.41) is 10.2. The highest BCUT2D eigenvalue weighted by Crippen LogP contribution is 2.28. The third kappa shape index (κ3) is 3.09. The molecule has 8 nitrogen and oxygen atoms in total. The van der Waals surface area contributed by atoms with E-state index in [2.05, 4.69) is 49.9 Å². The minimum absolute atomic E-state index is 0.269. The number of aromatic amines is 1. The number of H-pyrrole nitrogens is 1. The zero-order chi connectivity index (χ0) is 18.0. The van der Waals surface area contributed by atoms with Crippen molar-refractivity contribution in [3.63, 3.8) is 0 Å². The highest BCUT2D eigenvalue weighted by Gasteiger charge is 2.32. The number of fused-ring (bicyclic) bond motifs is 1. The lowest BCUT2D eigenvalue weighted by Gasteiger charge is -2.43. The van der Waals surface area contributed by atoms with Gasteiger partial charge in [-0.25, -0.2) is 9.97 Å². The summed E-state index contributed by atoms with van der Waals surface area (Å²) in [4.78, 5) is 22.2. The molecule has 0 bridgehead atoms. The van der Waals surface area contributed by atoms with Gasteiger partial charge in [0.05, 0.1) is 11.4 Å². The van der Waals surface area contributed by atoms with Gasteiger partial charge in [0, 0.05) is 40.4 Å². The number of piperidine rings is 1. The average molecular weight is 340 g/mol. The molecule has 1 N–H and O–H groups in total. The summed E-state index contributed by atoms with van der Waals surface area (Å²) in [7, 11) is 5.55. The maximum Gasteiger partial charge on any atom is 0.209 e. The molecule has 0 spiro atoms.